The van der Waals surface area contributed by atoms with Gasteiger partial charge in [0, 0.05) is 6.08 Å². The molecule has 0 aromatic heterocycles. The van der Waals surface area contributed by atoms with E-state index in [1.165, 1.54) is 76.2 Å². The van der Waals surface area contributed by atoms with E-state index in [4.69, 9.17) is 5.26 Å². The van der Waals surface area contributed by atoms with E-state index in [1.807, 2.05) is 0 Å². The maximum Gasteiger partial charge on any atom is 0.0908 e. The zero-order chi connectivity index (χ0) is 19.6. The van der Waals surface area contributed by atoms with Crippen LogP contribution in [0.2, 0.25) is 0 Å². The number of nitriles is 1. The number of rotatable bonds is 7. The molecule has 3 rings (SSSR count). The van der Waals surface area contributed by atoms with Crippen LogP contribution >= 0.6 is 0 Å². The van der Waals surface area contributed by atoms with Crippen LogP contribution in [0, 0.1) is 29.1 Å². The minimum atomic E-state index is 0.632. The molecule has 2 fully saturated rings. The second-order valence-electron chi connectivity index (χ2n) is 9.00. The van der Waals surface area contributed by atoms with Crippen molar-refractivity contribution in [2.45, 2.75) is 83.5 Å². The summed E-state index contributed by atoms with van der Waals surface area (Å²) in [4.78, 5) is 0. The van der Waals surface area contributed by atoms with Crippen molar-refractivity contribution in [3.63, 3.8) is 0 Å². The van der Waals surface area contributed by atoms with Crippen LogP contribution in [-0.4, -0.2) is 0 Å². The van der Waals surface area contributed by atoms with Gasteiger partial charge in [-0.25, -0.2) is 0 Å². The molecule has 0 unspecified atom stereocenters. The molecule has 0 saturated heterocycles. The van der Waals surface area contributed by atoms with Crippen LogP contribution in [0.4, 0.5) is 0 Å². The summed E-state index contributed by atoms with van der Waals surface area (Å²) < 4.78 is 0. The Balaban J connectivity index is 1.40. The third-order valence-corrected chi connectivity index (χ3v) is 6.96. The van der Waals surface area contributed by atoms with Crippen molar-refractivity contribution in [2.24, 2.45) is 17.8 Å². The Morgan fingerprint density at radius 2 is 1.36 bits per heavy atom. The van der Waals surface area contributed by atoms with Crippen LogP contribution in [0.5, 0.6) is 0 Å². The summed E-state index contributed by atoms with van der Waals surface area (Å²) in [5, 5.41) is 8.66. The van der Waals surface area contributed by atoms with Gasteiger partial charge in [-0.05, 0) is 99.0 Å². The van der Waals surface area contributed by atoms with Gasteiger partial charge in [-0.2, -0.15) is 5.26 Å². The normalized spacial score (nSPS) is 28.6. The van der Waals surface area contributed by atoms with Gasteiger partial charge in [-0.1, -0.05) is 55.8 Å². The number of aryl methyl sites for hydroxylation is 1. The molecule has 28 heavy (non-hydrogen) atoms. The summed E-state index contributed by atoms with van der Waals surface area (Å²) in [7, 11) is 0. The van der Waals surface area contributed by atoms with E-state index in [-0.39, 0.29) is 0 Å². The first-order valence-electron chi connectivity index (χ1n) is 11.6. The van der Waals surface area contributed by atoms with Gasteiger partial charge >= 0.3 is 0 Å². The van der Waals surface area contributed by atoms with Crippen LogP contribution in [-0.2, 0) is 6.42 Å². The third-order valence-electron chi connectivity index (χ3n) is 6.96. The number of unbranched alkanes of at least 4 members (excludes halogenated alkanes) is 1. The fourth-order valence-electron chi connectivity index (χ4n) is 5.01. The largest absolute Gasteiger partial charge is 0.193 e. The number of benzene rings is 1. The molecule has 1 aromatic carbocycles. The molecule has 2 aliphatic carbocycles. The van der Waals surface area contributed by atoms with Gasteiger partial charge in [-0.15, -0.1) is 0 Å². The Morgan fingerprint density at radius 1 is 0.821 bits per heavy atom. The van der Waals surface area contributed by atoms with E-state index in [0.717, 1.165) is 17.8 Å². The topological polar surface area (TPSA) is 23.8 Å². The third kappa shape index (κ3) is 6.37. The van der Waals surface area contributed by atoms with Crippen molar-refractivity contribution in [1.29, 1.82) is 5.26 Å². The zero-order valence-electron chi connectivity index (χ0n) is 17.7. The predicted molar refractivity (Wildman–Crippen MR) is 119 cm³/mol. The van der Waals surface area contributed by atoms with E-state index >= 15 is 0 Å². The SMILES string of the molecule is CCCCc1ccc([C@H]2CC[C@H](/C=C/[C@H]3CC[C@H](C=CC#N)CC3)CC2)cc1. The average molecular weight is 376 g/mol. The quantitative estimate of drug-likeness (QED) is 0.353. The summed E-state index contributed by atoms with van der Waals surface area (Å²) in [5.41, 5.74) is 3.06. The first-order valence-corrected chi connectivity index (χ1v) is 11.6. The molecule has 2 saturated carbocycles. The van der Waals surface area contributed by atoms with Crippen molar-refractivity contribution in [2.75, 3.05) is 0 Å². The molecular weight excluding hydrogens is 338 g/mol. The van der Waals surface area contributed by atoms with Crippen LogP contribution in [0.15, 0.2) is 48.6 Å². The lowest BCUT2D eigenvalue weighted by atomic mass is 9.77. The van der Waals surface area contributed by atoms with E-state index in [2.05, 4.69) is 55.5 Å². The summed E-state index contributed by atoms with van der Waals surface area (Å²) >= 11 is 0. The van der Waals surface area contributed by atoms with Crippen molar-refractivity contribution >= 4 is 0 Å². The van der Waals surface area contributed by atoms with Gasteiger partial charge in [0.05, 0.1) is 6.07 Å². The molecule has 1 heteroatoms. The molecule has 0 atom stereocenters. The molecule has 150 valence electrons. The van der Waals surface area contributed by atoms with E-state index in [1.54, 1.807) is 11.6 Å². The molecule has 1 nitrogen and oxygen atoms in total. The fourth-order valence-corrected chi connectivity index (χ4v) is 5.01. The molecule has 0 aliphatic heterocycles. The molecule has 0 radical (unpaired) electrons. The van der Waals surface area contributed by atoms with Gasteiger partial charge in [-0.3, -0.25) is 0 Å². The molecule has 0 bridgehead atoms. The molecular formula is C27H37N. The number of allylic oxidation sites excluding steroid dienone is 4. The minimum absolute atomic E-state index is 0.632. The zero-order valence-corrected chi connectivity index (χ0v) is 17.7. The van der Waals surface area contributed by atoms with Gasteiger partial charge in [0.15, 0.2) is 0 Å². The lowest BCUT2D eigenvalue weighted by Gasteiger charge is -2.28. The molecule has 1 aromatic rings. The summed E-state index contributed by atoms with van der Waals surface area (Å²) in [6.45, 7) is 2.26. The highest BCUT2D eigenvalue weighted by atomic mass is 14.3. The molecule has 0 N–H and O–H groups in total. The van der Waals surface area contributed by atoms with Crippen molar-refractivity contribution < 1.29 is 0 Å². The smallest absolute Gasteiger partial charge is 0.0908 e. The highest BCUT2D eigenvalue weighted by molar-refractivity contribution is 5.26. The monoisotopic (exact) mass is 375 g/mol. The Kier molecular flexibility index (Phi) is 8.41. The van der Waals surface area contributed by atoms with Gasteiger partial charge < -0.3 is 0 Å². The molecule has 0 spiro atoms. The maximum absolute atomic E-state index is 8.66. The number of hydrogen-bond acceptors (Lipinski definition) is 1. The van der Waals surface area contributed by atoms with Crippen LogP contribution in [0.1, 0.15) is 88.2 Å². The first-order chi connectivity index (χ1) is 13.8. The minimum Gasteiger partial charge on any atom is -0.193 e. The van der Waals surface area contributed by atoms with Crippen LogP contribution < -0.4 is 0 Å². The highest BCUT2D eigenvalue weighted by Gasteiger charge is 2.22. The lowest BCUT2D eigenvalue weighted by Crippen LogP contribution is -2.14. The lowest BCUT2D eigenvalue weighted by molar-refractivity contribution is 0.348. The highest BCUT2D eigenvalue weighted by Crippen LogP contribution is 2.37. The Labute approximate surface area is 172 Å². The van der Waals surface area contributed by atoms with Crippen LogP contribution in [0.3, 0.4) is 0 Å². The number of nitrogens with zero attached hydrogens (tertiary/aromatic N) is 1. The van der Waals surface area contributed by atoms with Crippen molar-refractivity contribution in [3.05, 3.63) is 59.7 Å². The Morgan fingerprint density at radius 3 is 1.89 bits per heavy atom. The van der Waals surface area contributed by atoms with Crippen LogP contribution in [0.25, 0.3) is 0 Å². The molecule has 2 aliphatic rings. The van der Waals surface area contributed by atoms with E-state index in [9.17, 15) is 0 Å². The Bertz CT molecular complexity index is 659. The fraction of sp³-hybridized carbons (Fsp3) is 0.593. The maximum atomic E-state index is 8.66. The van der Waals surface area contributed by atoms with E-state index < -0.39 is 0 Å². The second kappa shape index (κ2) is 11.3. The summed E-state index contributed by atoms with van der Waals surface area (Å²) in [5.74, 6) is 2.96. The second-order valence-corrected chi connectivity index (χ2v) is 9.00. The standard InChI is InChI=1S/C27H37N/c1-2-3-5-22-13-17-26(18-14-22)27-19-15-25(16-20-27)12-11-24-9-7-23(8-10-24)6-4-21-28/h4,6,11-14,17-18,23-25,27H,2-3,5,7-10,15-16,19-20H2,1H3/b6-4?,12-11+/t23-,24-,25-,27-. The molecule has 0 heterocycles. The summed E-state index contributed by atoms with van der Waals surface area (Å²) in [6, 6.07) is 11.6. The van der Waals surface area contributed by atoms with E-state index in [0.29, 0.717) is 5.92 Å². The Hall–Kier alpha value is -1.81. The van der Waals surface area contributed by atoms with Gasteiger partial charge in [0.1, 0.15) is 0 Å². The van der Waals surface area contributed by atoms with Crippen molar-refractivity contribution in [1.82, 2.24) is 0 Å². The number of hydrogen-bond donors (Lipinski definition) is 0. The van der Waals surface area contributed by atoms with Gasteiger partial charge in [0.25, 0.3) is 0 Å². The summed E-state index contributed by atoms with van der Waals surface area (Å²) in [6.07, 6.45) is 23.1. The van der Waals surface area contributed by atoms with Crippen molar-refractivity contribution in [3.8, 4) is 6.07 Å². The molecule has 0 amide bonds. The van der Waals surface area contributed by atoms with Gasteiger partial charge in [0.2, 0.25) is 0 Å². The average Bonchev–Trinajstić information content (AvgIpc) is 2.76. The first kappa shape index (κ1) is 20.9. The predicted octanol–water partition coefficient (Wildman–Crippen LogP) is 7.75.